The predicted octanol–water partition coefficient (Wildman–Crippen LogP) is 4.07. The third-order valence-electron chi connectivity index (χ3n) is 4.10. The van der Waals surface area contributed by atoms with E-state index in [9.17, 15) is 0 Å². The minimum atomic E-state index is 0.278. The van der Waals surface area contributed by atoms with E-state index in [1.54, 1.807) is 0 Å². The Morgan fingerprint density at radius 2 is 1.35 bits per heavy atom. The molecule has 0 saturated heterocycles. The molecule has 17 heavy (non-hydrogen) atoms. The number of rotatable bonds is 5. The summed E-state index contributed by atoms with van der Waals surface area (Å²) >= 11 is 0. The zero-order valence-corrected chi connectivity index (χ0v) is 11.3. The maximum Gasteiger partial charge on any atom is 0.0784 e. The first kappa shape index (κ1) is 13.4. The van der Waals surface area contributed by atoms with Crippen molar-refractivity contribution in [2.24, 2.45) is 0 Å². The van der Waals surface area contributed by atoms with Crippen LogP contribution in [0.25, 0.3) is 0 Å². The van der Waals surface area contributed by atoms with Crippen molar-refractivity contribution in [3.8, 4) is 0 Å². The second-order valence-electron chi connectivity index (χ2n) is 5.80. The van der Waals surface area contributed by atoms with Gasteiger partial charge in [-0.25, -0.2) is 0 Å². The quantitative estimate of drug-likeness (QED) is 0.721. The minimum Gasteiger partial charge on any atom is -0.376 e. The van der Waals surface area contributed by atoms with Gasteiger partial charge in [-0.05, 0) is 32.6 Å². The van der Waals surface area contributed by atoms with Gasteiger partial charge in [-0.1, -0.05) is 38.5 Å². The third kappa shape index (κ3) is 4.97. The summed E-state index contributed by atoms with van der Waals surface area (Å²) in [5, 5.41) is 0. The zero-order chi connectivity index (χ0) is 11.9. The first-order valence-electron chi connectivity index (χ1n) is 7.61. The van der Waals surface area contributed by atoms with Crippen molar-refractivity contribution in [2.45, 2.75) is 89.4 Å². The lowest BCUT2D eigenvalue weighted by Crippen LogP contribution is -2.28. The van der Waals surface area contributed by atoms with E-state index in [4.69, 9.17) is 9.47 Å². The predicted molar refractivity (Wildman–Crippen MR) is 70.2 cm³/mol. The second kappa shape index (κ2) is 7.38. The Morgan fingerprint density at radius 1 is 0.824 bits per heavy atom. The Hall–Kier alpha value is -0.0800. The van der Waals surface area contributed by atoms with Crippen LogP contribution in [0.15, 0.2) is 0 Å². The van der Waals surface area contributed by atoms with Crippen LogP contribution in [0.4, 0.5) is 0 Å². The summed E-state index contributed by atoms with van der Waals surface area (Å²) in [5.74, 6) is 0. The van der Waals surface area contributed by atoms with E-state index in [0.29, 0.717) is 12.2 Å². The van der Waals surface area contributed by atoms with Crippen molar-refractivity contribution < 1.29 is 9.47 Å². The van der Waals surface area contributed by atoms with Gasteiger partial charge in [-0.2, -0.15) is 0 Å². The van der Waals surface area contributed by atoms with Crippen LogP contribution >= 0.6 is 0 Å². The van der Waals surface area contributed by atoms with Crippen LogP contribution in [0.1, 0.15) is 71.1 Å². The molecule has 100 valence electrons. The molecule has 0 aromatic heterocycles. The van der Waals surface area contributed by atoms with E-state index in [1.807, 2.05) is 0 Å². The van der Waals surface area contributed by atoms with E-state index in [-0.39, 0.29) is 6.10 Å². The Balaban J connectivity index is 1.57. The summed E-state index contributed by atoms with van der Waals surface area (Å²) in [6, 6.07) is 0. The first-order valence-corrected chi connectivity index (χ1v) is 7.61. The van der Waals surface area contributed by atoms with E-state index < -0.39 is 0 Å². The lowest BCUT2D eigenvalue weighted by atomic mass is 9.97. The SMILES string of the molecule is CC(COC1CCCCC1)OC1CCCCC1. The fourth-order valence-electron chi connectivity index (χ4n) is 3.07. The molecule has 1 unspecified atom stereocenters. The van der Waals surface area contributed by atoms with Crippen LogP contribution in [0, 0.1) is 0 Å². The summed E-state index contributed by atoms with van der Waals surface area (Å²) < 4.78 is 12.0. The monoisotopic (exact) mass is 240 g/mol. The van der Waals surface area contributed by atoms with Crippen molar-refractivity contribution in [3.63, 3.8) is 0 Å². The van der Waals surface area contributed by atoms with Gasteiger partial charge < -0.3 is 9.47 Å². The molecule has 2 heteroatoms. The molecule has 0 aromatic rings. The smallest absolute Gasteiger partial charge is 0.0784 e. The third-order valence-corrected chi connectivity index (χ3v) is 4.10. The summed E-state index contributed by atoms with van der Waals surface area (Å²) in [6.07, 6.45) is 14.5. The van der Waals surface area contributed by atoms with Gasteiger partial charge in [0.25, 0.3) is 0 Å². The van der Waals surface area contributed by atoms with E-state index in [1.165, 1.54) is 64.2 Å². The van der Waals surface area contributed by atoms with Crippen molar-refractivity contribution in [3.05, 3.63) is 0 Å². The van der Waals surface area contributed by atoms with Crippen molar-refractivity contribution in [2.75, 3.05) is 6.61 Å². The van der Waals surface area contributed by atoms with Crippen molar-refractivity contribution >= 4 is 0 Å². The van der Waals surface area contributed by atoms with Crippen LogP contribution < -0.4 is 0 Å². The van der Waals surface area contributed by atoms with Crippen LogP contribution in [0.3, 0.4) is 0 Å². The van der Waals surface area contributed by atoms with Gasteiger partial charge in [0.1, 0.15) is 0 Å². The lowest BCUT2D eigenvalue weighted by molar-refractivity contribution is -0.0815. The van der Waals surface area contributed by atoms with Gasteiger partial charge in [0.15, 0.2) is 0 Å². The van der Waals surface area contributed by atoms with Gasteiger partial charge in [0, 0.05) is 0 Å². The number of hydrogen-bond acceptors (Lipinski definition) is 2. The molecule has 2 saturated carbocycles. The maximum atomic E-state index is 6.06. The van der Waals surface area contributed by atoms with Gasteiger partial charge >= 0.3 is 0 Å². The maximum absolute atomic E-state index is 6.06. The zero-order valence-electron chi connectivity index (χ0n) is 11.3. The Bertz CT molecular complexity index is 193. The fraction of sp³-hybridized carbons (Fsp3) is 1.00. The van der Waals surface area contributed by atoms with Gasteiger partial charge in [0.05, 0.1) is 24.9 Å². The number of hydrogen-bond donors (Lipinski definition) is 0. The molecule has 2 rings (SSSR count). The molecule has 0 spiro atoms. The molecule has 0 radical (unpaired) electrons. The standard InChI is InChI=1S/C15H28O2/c1-13(17-15-10-6-3-7-11-15)12-16-14-8-4-2-5-9-14/h13-15H,2-12H2,1H3. The highest BCUT2D eigenvalue weighted by Crippen LogP contribution is 2.23. The number of ether oxygens (including phenoxy) is 2. The van der Waals surface area contributed by atoms with Crippen molar-refractivity contribution in [1.29, 1.82) is 0 Å². The van der Waals surface area contributed by atoms with Crippen LogP contribution in [0.2, 0.25) is 0 Å². The second-order valence-corrected chi connectivity index (χ2v) is 5.80. The minimum absolute atomic E-state index is 0.278. The normalized spacial score (nSPS) is 25.9. The van der Waals surface area contributed by atoms with Gasteiger partial charge in [-0.3, -0.25) is 0 Å². The summed E-state index contributed by atoms with van der Waals surface area (Å²) in [5.41, 5.74) is 0. The molecule has 0 N–H and O–H groups in total. The van der Waals surface area contributed by atoms with Crippen molar-refractivity contribution in [1.82, 2.24) is 0 Å². The topological polar surface area (TPSA) is 18.5 Å². The van der Waals surface area contributed by atoms with E-state index in [2.05, 4.69) is 6.92 Å². The molecule has 2 aliphatic carbocycles. The van der Waals surface area contributed by atoms with Gasteiger partial charge in [-0.15, -0.1) is 0 Å². The Morgan fingerprint density at radius 3 is 1.94 bits per heavy atom. The molecule has 1 atom stereocenters. The van der Waals surface area contributed by atoms with Gasteiger partial charge in [0.2, 0.25) is 0 Å². The molecule has 2 nitrogen and oxygen atoms in total. The highest BCUT2D eigenvalue weighted by molar-refractivity contribution is 4.68. The first-order chi connectivity index (χ1) is 8.34. The molecule has 0 heterocycles. The molecule has 0 amide bonds. The molecule has 2 aliphatic rings. The largest absolute Gasteiger partial charge is 0.376 e. The highest BCUT2D eigenvalue weighted by atomic mass is 16.5. The molecule has 0 bridgehead atoms. The highest BCUT2D eigenvalue weighted by Gasteiger charge is 2.19. The average molecular weight is 240 g/mol. The van der Waals surface area contributed by atoms with Crippen LogP contribution in [-0.4, -0.2) is 24.9 Å². The summed E-state index contributed by atoms with van der Waals surface area (Å²) in [7, 11) is 0. The van der Waals surface area contributed by atoms with E-state index in [0.717, 1.165) is 6.61 Å². The molecule has 0 aromatic carbocycles. The fourth-order valence-corrected chi connectivity index (χ4v) is 3.07. The Kier molecular flexibility index (Phi) is 5.79. The Labute approximate surface area is 106 Å². The summed E-state index contributed by atoms with van der Waals surface area (Å²) in [4.78, 5) is 0. The molecule has 2 fully saturated rings. The van der Waals surface area contributed by atoms with Crippen LogP contribution in [-0.2, 0) is 9.47 Å². The molecule has 0 aliphatic heterocycles. The summed E-state index contributed by atoms with van der Waals surface area (Å²) in [6.45, 7) is 2.96. The van der Waals surface area contributed by atoms with Crippen LogP contribution in [0.5, 0.6) is 0 Å². The lowest BCUT2D eigenvalue weighted by Gasteiger charge is -2.28. The molecular formula is C15H28O2. The van der Waals surface area contributed by atoms with E-state index >= 15 is 0 Å². The molecular weight excluding hydrogens is 212 g/mol. The average Bonchev–Trinajstić information content (AvgIpc) is 2.39.